The SMILES string of the molecule is Bc1ccc(C2CC(c3c(C)nc4ccc(B)cc4c3-c3ccccc3)=NN2C(=O)CCC(=O)O)cc1. The normalized spacial score (nSPS) is 15.1. The Morgan fingerprint density at radius 1 is 0.946 bits per heavy atom. The zero-order chi connectivity index (χ0) is 26.1. The number of carbonyl (C=O) groups excluding carboxylic acids is 1. The highest BCUT2D eigenvalue weighted by molar-refractivity contribution is 6.33. The number of fused-ring (bicyclic) bond motifs is 1. The molecule has 1 atom stereocenters. The summed E-state index contributed by atoms with van der Waals surface area (Å²) in [6.07, 6.45) is 0.182. The number of carboxylic acid groups (broad SMARTS) is 1. The van der Waals surface area contributed by atoms with Gasteiger partial charge in [-0.15, -0.1) is 0 Å². The van der Waals surface area contributed by atoms with Crippen LogP contribution in [-0.4, -0.2) is 48.4 Å². The maximum Gasteiger partial charge on any atom is 0.303 e. The predicted octanol–water partition coefficient (Wildman–Crippen LogP) is 2.27. The van der Waals surface area contributed by atoms with Crippen molar-refractivity contribution in [3.05, 3.63) is 89.6 Å². The molecule has 0 bridgehead atoms. The van der Waals surface area contributed by atoms with E-state index in [-0.39, 0.29) is 24.8 Å². The Hall–Kier alpha value is -4.19. The second-order valence-electron chi connectivity index (χ2n) is 9.64. The number of nitrogens with zero attached hydrogens (tertiary/aromatic N) is 3. The van der Waals surface area contributed by atoms with Gasteiger partial charge in [-0.05, 0) is 24.1 Å². The van der Waals surface area contributed by atoms with Crippen LogP contribution in [0.2, 0.25) is 0 Å². The van der Waals surface area contributed by atoms with Gasteiger partial charge in [0.05, 0.1) is 23.7 Å². The molecule has 5 rings (SSSR count). The van der Waals surface area contributed by atoms with Gasteiger partial charge in [-0.3, -0.25) is 14.6 Å². The van der Waals surface area contributed by atoms with Crippen molar-refractivity contribution in [3.63, 3.8) is 0 Å². The quantitative estimate of drug-likeness (QED) is 0.424. The smallest absolute Gasteiger partial charge is 0.303 e. The molecule has 0 aliphatic carbocycles. The molecule has 0 saturated carbocycles. The number of hydrogen-bond acceptors (Lipinski definition) is 4. The first-order chi connectivity index (χ1) is 17.8. The first-order valence-electron chi connectivity index (χ1n) is 12.5. The lowest BCUT2D eigenvalue weighted by molar-refractivity contribution is -0.141. The molecular weight excluding hydrogens is 460 g/mol. The molecule has 8 heteroatoms. The van der Waals surface area contributed by atoms with Gasteiger partial charge in [0, 0.05) is 35.0 Å². The molecule has 1 aromatic heterocycles. The number of hydrazone groups is 1. The van der Waals surface area contributed by atoms with Gasteiger partial charge in [0.25, 0.3) is 0 Å². The van der Waals surface area contributed by atoms with E-state index in [1.165, 1.54) is 5.01 Å². The summed E-state index contributed by atoms with van der Waals surface area (Å²) < 4.78 is 0. The summed E-state index contributed by atoms with van der Waals surface area (Å²) >= 11 is 0. The Morgan fingerprint density at radius 2 is 1.65 bits per heavy atom. The molecule has 0 fully saturated rings. The maximum atomic E-state index is 13.2. The predicted molar refractivity (Wildman–Crippen MR) is 152 cm³/mol. The Morgan fingerprint density at radius 3 is 2.35 bits per heavy atom. The Bertz CT molecular complexity index is 1540. The number of amides is 1. The fraction of sp³-hybridized carbons (Fsp3) is 0.172. The van der Waals surface area contributed by atoms with Gasteiger partial charge in [0.1, 0.15) is 15.7 Å². The Labute approximate surface area is 217 Å². The number of pyridine rings is 1. The fourth-order valence-corrected chi connectivity index (χ4v) is 5.03. The summed E-state index contributed by atoms with van der Waals surface area (Å²) in [4.78, 5) is 29.3. The van der Waals surface area contributed by atoms with Gasteiger partial charge < -0.3 is 5.11 Å². The summed E-state index contributed by atoms with van der Waals surface area (Å²) in [5.74, 6) is -1.30. The largest absolute Gasteiger partial charge is 0.481 e. The van der Waals surface area contributed by atoms with Gasteiger partial charge in [-0.25, -0.2) is 5.01 Å². The third-order valence-electron chi connectivity index (χ3n) is 6.85. The summed E-state index contributed by atoms with van der Waals surface area (Å²) in [7, 11) is 4.09. The van der Waals surface area contributed by atoms with Crippen molar-refractivity contribution >= 4 is 55.1 Å². The van der Waals surface area contributed by atoms with Crippen LogP contribution in [-0.2, 0) is 9.59 Å². The Balaban J connectivity index is 1.69. The van der Waals surface area contributed by atoms with Crippen LogP contribution >= 0.6 is 0 Å². The molecule has 6 nitrogen and oxygen atoms in total. The van der Waals surface area contributed by atoms with Crippen LogP contribution < -0.4 is 10.9 Å². The monoisotopic (exact) mass is 487 g/mol. The highest BCUT2D eigenvalue weighted by Crippen LogP contribution is 2.39. The highest BCUT2D eigenvalue weighted by atomic mass is 16.4. The number of benzene rings is 3. The minimum absolute atomic E-state index is 0.103. The van der Waals surface area contributed by atoms with E-state index in [0.29, 0.717) is 6.42 Å². The van der Waals surface area contributed by atoms with Crippen LogP contribution in [0.25, 0.3) is 22.0 Å². The van der Waals surface area contributed by atoms with E-state index < -0.39 is 5.97 Å². The molecule has 2 heterocycles. The van der Waals surface area contributed by atoms with E-state index >= 15 is 0 Å². The minimum atomic E-state index is -1.00. The summed E-state index contributed by atoms with van der Waals surface area (Å²) in [6.45, 7) is 1.99. The number of aliphatic carboxylic acids is 1. The van der Waals surface area contributed by atoms with Crippen molar-refractivity contribution in [1.82, 2.24) is 9.99 Å². The van der Waals surface area contributed by atoms with Crippen molar-refractivity contribution in [2.75, 3.05) is 0 Å². The van der Waals surface area contributed by atoms with Gasteiger partial charge in [-0.2, -0.15) is 5.10 Å². The van der Waals surface area contributed by atoms with Crippen LogP contribution in [0.3, 0.4) is 0 Å². The van der Waals surface area contributed by atoms with Gasteiger partial charge >= 0.3 is 5.97 Å². The van der Waals surface area contributed by atoms with Crippen molar-refractivity contribution in [2.45, 2.75) is 32.2 Å². The van der Waals surface area contributed by atoms with Gasteiger partial charge in [-0.1, -0.05) is 77.7 Å². The zero-order valence-electron chi connectivity index (χ0n) is 21.2. The van der Waals surface area contributed by atoms with E-state index in [1.807, 2.05) is 63.3 Å². The lowest BCUT2D eigenvalue weighted by Crippen LogP contribution is -2.27. The van der Waals surface area contributed by atoms with Crippen molar-refractivity contribution in [3.8, 4) is 11.1 Å². The summed E-state index contributed by atoms with van der Waals surface area (Å²) in [6, 6.07) is 24.2. The molecule has 1 amide bonds. The fourth-order valence-electron chi connectivity index (χ4n) is 5.03. The second kappa shape index (κ2) is 10.1. The molecule has 37 heavy (non-hydrogen) atoms. The molecule has 0 radical (unpaired) electrons. The maximum absolute atomic E-state index is 13.2. The average Bonchev–Trinajstić information content (AvgIpc) is 3.32. The molecule has 1 aliphatic heterocycles. The molecule has 1 aliphatic rings. The molecule has 0 saturated heterocycles. The standard InChI is InChI=1S/C29H27B2N3O3/c1-17-28(29(19-5-3-2-4-6-19)22-15-21(31)11-12-23(22)32-17)24-16-25(18-7-9-20(30)10-8-18)34(33-24)26(35)13-14-27(36)37/h2-12,15,25H,13-14,16,30-31H2,1H3,(H,36,37). The number of rotatable bonds is 6. The molecule has 3 aromatic carbocycles. The topological polar surface area (TPSA) is 82.9 Å². The minimum Gasteiger partial charge on any atom is -0.481 e. The lowest BCUT2D eigenvalue weighted by Gasteiger charge is -2.22. The van der Waals surface area contributed by atoms with Crippen LogP contribution in [0.4, 0.5) is 0 Å². The molecule has 182 valence electrons. The van der Waals surface area contributed by atoms with E-state index in [9.17, 15) is 9.59 Å². The molecule has 1 unspecified atom stereocenters. The van der Waals surface area contributed by atoms with Crippen molar-refractivity contribution in [1.29, 1.82) is 0 Å². The van der Waals surface area contributed by atoms with Crippen molar-refractivity contribution < 1.29 is 14.7 Å². The average molecular weight is 487 g/mol. The van der Waals surface area contributed by atoms with E-state index in [0.717, 1.165) is 55.5 Å². The van der Waals surface area contributed by atoms with Crippen LogP contribution in [0, 0.1) is 6.92 Å². The van der Waals surface area contributed by atoms with Crippen molar-refractivity contribution in [2.24, 2.45) is 5.10 Å². The highest BCUT2D eigenvalue weighted by Gasteiger charge is 2.35. The number of carboxylic acids is 1. The van der Waals surface area contributed by atoms with E-state index in [1.54, 1.807) is 0 Å². The number of hydrogen-bond donors (Lipinski definition) is 1. The third-order valence-corrected chi connectivity index (χ3v) is 6.85. The number of aromatic nitrogens is 1. The zero-order valence-corrected chi connectivity index (χ0v) is 21.2. The van der Waals surface area contributed by atoms with Gasteiger partial charge in [0.15, 0.2) is 0 Å². The summed E-state index contributed by atoms with van der Waals surface area (Å²) in [5.41, 5.74) is 8.80. The molecule has 1 N–H and O–H groups in total. The van der Waals surface area contributed by atoms with Crippen LogP contribution in [0.1, 0.15) is 42.1 Å². The first-order valence-corrected chi connectivity index (χ1v) is 12.5. The number of carbonyl (C=O) groups is 2. The van der Waals surface area contributed by atoms with Gasteiger partial charge in [0.2, 0.25) is 5.91 Å². The summed E-state index contributed by atoms with van der Waals surface area (Å²) in [5, 5.41) is 16.5. The van der Waals surface area contributed by atoms with E-state index in [2.05, 4.69) is 32.1 Å². The lowest BCUT2D eigenvalue weighted by atomic mass is 9.86. The first kappa shape index (κ1) is 24.5. The van der Waals surface area contributed by atoms with Crippen LogP contribution in [0.5, 0.6) is 0 Å². The second-order valence-corrected chi connectivity index (χ2v) is 9.64. The number of aryl methyl sites for hydroxylation is 1. The van der Waals surface area contributed by atoms with E-state index in [4.69, 9.17) is 15.2 Å². The molecular formula is C29H27B2N3O3. The molecule has 0 spiro atoms. The van der Waals surface area contributed by atoms with Crippen LogP contribution in [0.15, 0.2) is 77.9 Å². The molecule has 4 aromatic rings. The Kier molecular flexibility index (Phi) is 6.66. The third kappa shape index (κ3) is 4.92.